The monoisotopic (exact) mass is 542 g/mol. The molecule has 1 N–H and O–H groups in total. The average molecular weight is 543 g/mol. The molecule has 0 aliphatic carbocycles. The highest BCUT2D eigenvalue weighted by Crippen LogP contribution is 2.28. The van der Waals surface area contributed by atoms with Gasteiger partial charge in [0.2, 0.25) is 5.91 Å². The van der Waals surface area contributed by atoms with Crippen LogP contribution in [0.4, 0.5) is 4.39 Å². The van der Waals surface area contributed by atoms with E-state index in [1.807, 2.05) is 4.90 Å². The standard InChI is InChI=1S/C17H24BrFN4O2.HI/c1-22(2)16(24)10-21-17(20-7-9-25-3)23-8-6-12-13(11-23)15(19)5-4-14(12)18;/h4-5H,6-11H2,1-3H3,(H,20,21);1H. The van der Waals surface area contributed by atoms with Gasteiger partial charge in [-0.25, -0.2) is 9.38 Å². The zero-order valence-corrected chi connectivity index (χ0v) is 19.1. The predicted octanol–water partition coefficient (Wildman–Crippen LogP) is 2.24. The number of hydrogen-bond acceptors (Lipinski definition) is 3. The number of rotatable bonds is 5. The summed E-state index contributed by atoms with van der Waals surface area (Å²) < 4.78 is 20.2. The molecule has 2 rings (SSSR count). The molecule has 0 unspecified atom stereocenters. The van der Waals surface area contributed by atoms with Crippen molar-refractivity contribution in [2.75, 3.05) is 47.4 Å². The Hall–Kier alpha value is -0.940. The van der Waals surface area contributed by atoms with E-state index in [0.717, 1.165) is 10.0 Å². The third-order valence-electron chi connectivity index (χ3n) is 4.05. The van der Waals surface area contributed by atoms with Gasteiger partial charge in [-0.1, -0.05) is 15.9 Å². The number of nitrogens with zero attached hydrogens (tertiary/aromatic N) is 3. The number of aliphatic imine (C=N–C) groups is 1. The van der Waals surface area contributed by atoms with Crippen LogP contribution in [-0.4, -0.2) is 69.1 Å². The Balaban J connectivity index is 0.00000338. The van der Waals surface area contributed by atoms with E-state index in [2.05, 4.69) is 26.2 Å². The quantitative estimate of drug-likeness (QED) is 0.268. The third kappa shape index (κ3) is 6.05. The molecular formula is C17H25BrFIN4O2. The van der Waals surface area contributed by atoms with Crippen LogP contribution in [0.15, 0.2) is 21.6 Å². The van der Waals surface area contributed by atoms with Gasteiger partial charge in [0, 0.05) is 50.9 Å². The Kier molecular flexibility index (Phi) is 9.80. The van der Waals surface area contributed by atoms with Crippen molar-refractivity contribution >= 4 is 51.8 Å². The summed E-state index contributed by atoms with van der Waals surface area (Å²) in [4.78, 5) is 19.7. The number of nitrogens with one attached hydrogen (secondary N) is 1. The number of halogens is 3. The van der Waals surface area contributed by atoms with E-state index in [-0.39, 0.29) is 42.2 Å². The van der Waals surface area contributed by atoms with E-state index in [1.165, 1.54) is 11.0 Å². The molecule has 9 heteroatoms. The second kappa shape index (κ2) is 11.0. The number of ether oxygens (including phenoxy) is 1. The second-order valence-corrected chi connectivity index (χ2v) is 6.86. The first-order valence-corrected chi connectivity index (χ1v) is 8.91. The smallest absolute Gasteiger partial charge is 0.243 e. The lowest BCUT2D eigenvalue weighted by Gasteiger charge is -2.32. The SMILES string of the molecule is COCCNC(=NCC(=O)N(C)C)N1CCc2c(Br)ccc(F)c2C1.I. The lowest BCUT2D eigenvalue weighted by molar-refractivity contribution is -0.127. The summed E-state index contributed by atoms with van der Waals surface area (Å²) in [7, 11) is 5.01. The van der Waals surface area contributed by atoms with E-state index < -0.39 is 0 Å². The molecule has 1 aliphatic heterocycles. The largest absolute Gasteiger partial charge is 0.383 e. The van der Waals surface area contributed by atoms with Crippen molar-refractivity contribution < 1.29 is 13.9 Å². The van der Waals surface area contributed by atoms with Crippen LogP contribution in [-0.2, 0) is 22.5 Å². The first-order valence-electron chi connectivity index (χ1n) is 8.12. The zero-order valence-electron chi connectivity index (χ0n) is 15.2. The molecule has 1 aliphatic rings. The van der Waals surface area contributed by atoms with Gasteiger partial charge in [0.15, 0.2) is 5.96 Å². The summed E-state index contributed by atoms with van der Waals surface area (Å²) in [6.45, 7) is 2.24. The fourth-order valence-corrected chi connectivity index (χ4v) is 3.16. The molecule has 1 amide bonds. The van der Waals surface area contributed by atoms with Crippen LogP contribution in [0.5, 0.6) is 0 Å². The first kappa shape index (κ1) is 23.1. The van der Waals surface area contributed by atoms with E-state index in [1.54, 1.807) is 27.3 Å². The number of benzene rings is 1. The highest BCUT2D eigenvalue weighted by Gasteiger charge is 2.23. The van der Waals surface area contributed by atoms with Crippen molar-refractivity contribution in [3.63, 3.8) is 0 Å². The summed E-state index contributed by atoms with van der Waals surface area (Å²) >= 11 is 3.49. The molecule has 0 spiro atoms. The van der Waals surface area contributed by atoms with Crippen molar-refractivity contribution in [1.82, 2.24) is 15.1 Å². The minimum Gasteiger partial charge on any atom is -0.383 e. The maximum absolute atomic E-state index is 14.2. The summed E-state index contributed by atoms with van der Waals surface area (Å²) in [5.74, 6) is 0.290. The van der Waals surface area contributed by atoms with Crippen LogP contribution in [0.2, 0.25) is 0 Å². The van der Waals surface area contributed by atoms with Crippen LogP contribution in [0.3, 0.4) is 0 Å². The molecule has 0 fully saturated rings. The topological polar surface area (TPSA) is 57.2 Å². The first-order chi connectivity index (χ1) is 11.9. The fraction of sp³-hybridized carbons (Fsp3) is 0.529. The molecule has 0 radical (unpaired) electrons. The Morgan fingerprint density at radius 1 is 1.42 bits per heavy atom. The minimum absolute atomic E-state index is 0. The molecule has 1 heterocycles. The number of amides is 1. The van der Waals surface area contributed by atoms with Crippen molar-refractivity contribution in [3.05, 3.63) is 33.5 Å². The maximum atomic E-state index is 14.2. The molecule has 0 bridgehead atoms. The van der Waals surface area contributed by atoms with Gasteiger partial charge in [-0.15, -0.1) is 24.0 Å². The lowest BCUT2D eigenvalue weighted by Crippen LogP contribution is -2.45. The summed E-state index contributed by atoms with van der Waals surface area (Å²) in [5, 5.41) is 3.20. The van der Waals surface area contributed by atoms with E-state index in [0.29, 0.717) is 44.2 Å². The van der Waals surface area contributed by atoms with Gasteiger partial charge < -0.3 is 19.9 Å². The van der Waals surface area contributed by atoms with E-state index >= 15 is 0 Å². The number of hydrogen-bond donors (Lipinski definition) is 1. The molecule has 1 aromatic rings. The third-order valence-corrected chi connectivity index (χ3v) is 4.79. The van der Waals surface area contributed by atoms with Crippen LogP contribution in [0, 0.1) is 5.82 Å². The van der Waals surface area contributed by atoms with Gasteiger partial charge in [0.05, 0.1) is 6.61 Å². The van der Waals surface area contributed by atoms with Crippen LogP contribution >= 0.6 is 39.9 Å². The Bertz CT molecular complexity index is 658. The zero-order chi connectivity index (χ0) is 18.4. The van der Waals surface area contributed by atoms with Gasteiger partial charge in [-0.2, -0.15) is 0 Å². The van der Waals surface area contributed by atoms with Crippen molar-refractivity contribution in [2.45, 2.75) is 13.0 Å². The number of fused-ring (bicyclic) bond motifs is 1. The molecule has 0 saturated heterocycles. The van der Waals surface area contributed by atoms with Crippen molar-refractivity contribution in [2.24, 2.45) is 4.99 Å². The lowest BCUT2D eigenvalue weighted by atomic mass is 9.99. The molecule has 0 atom stereocenters. The normalized spacial score (nSPS) is 13.7. The second-order valence-electron chi connectivity index (χ2n) is 6.01. The van der Waals surface area contributed by atoms with Crippen LogP contribution in [0.25, 0.3) is 0 Å². The van der Waals surface area contributed by atoms with Gasteiger partial charge in [0.25, 0.3) is 0 Å². The number of carbonyl (C=O) groups is 1. The van der Waals surface area contributed by atoms with Gasteiger partial charge in [-0.05, 0) is 24.1 Å². The molecule has 6 nitrogen and oxygen atoms in total. The number of guanidine groups is 1. The summed E-state index contributed by atoms with van der Waals surface area (Å²) in [6, 6.07) is 3.21. The van der Waals surface area contributed by atoms with Crippen LogP contribution in [0.1, 0.15) is 11.1 Å². The summed E-state index contributed by atoms with van der Waals surface area (Å²) in [5.41, 5.74) is 1.66. The van der Waals surface area contributed by atoms with E-state index in [9.17, 15) is 9.18 Å². The number of methoxy groups -OCH3 is 1. The summed E-state index contributed by atoms with van der Waals surface area (Å²) in [6.07, 6.45) is 0.709. The average Bonchev–Trinajstić information content (AvgIpc) is 2.60. The molecule has 0 aromatic heterocycles. The fourth-order valence-electron chi connectivity index (χ4n) is 2.59. The predicted molar refractivity (Wildman–Crippen MR) is 115 cm³/mol. The molecule has 146 valence electrons. The number of likely N-dealkylation sites (N-methyl/N-ethyl adjacent to an activating group) is 1. The maximum Gasteiger partial charge on any atom is 0.243 e. The Morgan fingerprint density at radius 2 is 2.15 bits per heavy atom. The molecule has 26 heavy (non-hydrogen) atoms. The van der Waals surface area contributed by atoms with Crippen LogP contribution < -0.4 is 5.32 Å². The van der Waals surface area contributed by atoms with Crippen molar-refractivity contribution in [1.29, 1.82) is 0 Å². The van der Waals surface area contributed by atoms with E-state index in [4.69, 9.17) is 4.74 Å². The highest BCUT2D eigenvalue weighted by atomic mass is 127. The molecule has 0 saturated carbocycles. The van der Waals surface area contributed by atoms with Gasteiger partial charge in [-0.3, -0.25) is 4.79 Å². The van der Waals surface area contributed by atoms with Crippen molar-refractivity contribution in [3.8, 4) is 0 Å². The Morgan fingerprint density at radius 3 is 2.81 bits per heavy atom. The number of carbonyl (C=O) groups excluding carboxylic acids is 1. The minimum atomic E-state index is -0.219. The molecular weight excluding hydrogens is 518 g/mol. The van der Waals surface area contributed by atoms with Gasteiger partial charge >= 0.3 is 0 Å². The Labute approximate surface area is 179 Å². The molecule has 1 aromatic carbocycles. The highest BCUT2D eigenvalue weighted by molar-refractivity contribution is 14.0. The van der Waals surface area contributed by atoms with Gasteiger partial charge in [0.1, 0.15) is 12.4 Å².